The Hall–Kier alpha value is -2.08. The van der Waals surface area contributed by atoms with Gasteiger partial charge in [0.1, 0.15) is 0 Å². The molecule has 1 rings (SSSR count). The van der Waals surface area contributed by atoms with E-state index < -0.39 is 46.2 Å². The van der Waals surface area contributed by atoms with Crippen molar-refractivity contribution in [3.8, 4) is 0 Å². The molecule has 142 valence electrons. The molecule has 0 aliphatic rings. The Morgan fingerprint density at radius 2 is 1.84 bits per heavy atom. The van der Waals surface area contributed by atoms with Gasteiger partial charge in [-0.25, -0.2) is 3.97 Å². The van der Waals surface area contributed by atoms with Crippen LogP contribution in [-0.2, 0) is 48.5 Å². The van der Waals surface area contributed by atoms with Crippen LogP contribution in [-0.4, -0.2) is 49.2 Å². The van der Waals surface area contributed by atoms with E-state index >= 15 is 0 Å². The molecule has 25 heavy (non-hydrogen) atoms. The molecule has 0 aliphatic heterocycles. The minimum Gasteiger partial charge on any atom is -0.469 e. The Labute approximate surface area is 142 Å². The predicted octanol–water partition coefficient (Wildman–Crippen LogP) is 0.499. The van der Waals surface area contributed by atoms with Crippen LogP contribution >= 0.6 is 0 Å². The maximum absolute atomic E-state index is 12.9. The number of hydrogen-bond acceptors (Lipinski definition) is 7. The number of ether oxygens (including phenoxy) is 2. The molecule has 1 N–H and O–H groups in total. The van der Waals surface area contributed by atoms with Crippen LogP contribution < -0.4 is 0 Å². The fourth-order valence-corrected chi connectivity index (χ4v) is 2.91. The number of carbonyl (C=O) groups is 2. The first-order chi connectivity index (χ1) is 11.9. The van der Waals surface area contributed by atoms with Gasteiger partial charge in [-0.05, 0) is 17.5 Å². The largest absolute Gasteiger partial charge is 0.517 e. The van der Waals surface area contributed by atoms with Crippen LogP contribution in [0.25, 0.3) is 0 Å². The Morgan fingerprint density at radius 3 is 2.28 bits per heavy atom. The molecule has 0 amide bonds. The highest BCUT2D eigenvalue weighted by atomic mass is 32.2. The molecule has 1 heterocycles. The van der Waals surface area contributed by atoms with Gasteiger partial charge in [0.15, 0.2) is 0 Å². The zero-order valence-electron chi connectivity index (χ0n) is 14.2. The van der Waals surface area contributed by atoms with Gasteiger partial charge in [0.25, 0.3) is 0 Å². The van der Waals surface area contributed by atoms with E-state index in [-0.39, 0.29) is 27.9 Å². The second kappa shape index (κ2) is 7.87. The summed E-state index contributed by atoms with van der Waals surface area (Å²) in [5.41, 5.74) is -7.14. The highest BCUT2D eigenvalue weighted by molar-refractivity contribution is 7.90. The predicted molar refractivity (Wildman–Crippen MR) is 76.8 cm³/mol. The van der Waals surface area contributed by atoms with Crippen molar-refractivity contribution in [2.24, 2.45) is 0 Å². The molecule has 1 unspecified atom stereocenters. The SMILES string of the molecule is [3H]C(O)c1c(CC(=O)OC)c(CCC(=O)OC)cn1S(=O)(=O)C(F)(F)F. The molecule has 8 nitrogen and oxygen atoms in total. The molecule has 0 aromatic carbocycles. The van der Waals surface area contributed by atoms with Crippen molar-refractivity contribution in [1.82, 2.24) is 3.97 Å². The van der Waals surface area contributed by atoms with Crippen molar-refractivity contribution in [3.63, 3.8) is 0 Å². The zero-order valence-corrected chi connectivity index (χ0v) is 14.0. The van der Waals surface area contributed by atoms with Gasteiger partial charge in [-0.15, -0.1) is 0 Å². The van der Waals surface area contributed by atoms with Crippen molar-refractivity contribution in [1.29, 1.82) is 0 Å². The fraction of sp³-hybridized carbons (Fsp3) is 0.538. The number of carbonyl (C=O) groups excluding carboxylic acids is 2. The van der Waals surface area contributed by atoms with E-state index in [4.69, 9.17) is 1.37 Å². The smallest absolute Gasteiger partial charge is 0.469 e. The summed E-state index contributed by atoms with van der Waals surface area (Å²) in [5.74, 6) is -1.67. The topological polar surface area (TPSA) is 112 Å². The average molecular weight is 389 g/mol. The van der Waals surface area contributed by atoms with Gasteiger partial charge in [0, 0.05) is 12.6 Å². The van der Waals surface area contributed by atoms with Gasteiger partial charge in [0.2, 0.25) is 0 Å². The van der Waals surface area contributed by atoms with Crippen LogP contribution in [0, 0.1) is 0 Å². The monoisotopic (exact) mass is 389 g/mol. The maximum atomic E-state index is 12.9. The van der Waals surface area contributed by atoms with Crippen molar-refractivity contribution in [3.05, 3.63) is 23.0 Å². The molecule has 0 fully saturated rings. The molecule has 0 spiro atoms. The van der Waals surface area contributed by atoms with E-state index in [1.165, 1.54) is 0 Å². The lowest BCUT2D eigenvalue weighted by Gasteiger charge is -2.12. The number of aliphatic hydroxyl groups excluding tert-OH is 1. The van der Waals surface area contributed by atoms with E-state index in [2.05, 4.69) is 9.47 Å². The van der Waals surface area contributed by atoms with Gasteiger partial charge in [-0.3, -0.25) is 9.59 Å². The van der Waals surface area contributed by atoms with E-state index in [1.807, 2.05) is 0 Å². The average Bonchev–Trinajstić information content (AvgIpc) is 2.90. The molecule has 1 aromatic heterocycles. The van der Waals surface area contributed by atoms with Crippen LogP contribution in [0.15, 0.2) is 6.20 Å². The minimum atomic E-state index is -5.97. The van der Waals surface area contributed by atoms with E-state index in [9.17, 15) is 36.3 Å². The second-order valence-electron chi connectivity index (χ2n) is 4.72. The number of aliphatic hydroxyl groups is 1. The van der Waals surface area contributed by atoms with Gasteiger partial charge in [-0.2, -0.15) is 21.6 Å². The zero-order chi connectivity index (χ0) is 20.3. The highest BCUT2D eigenvalue weighted by Crippen LogP contribution is 2.30. The van der Waals surface area contributed by atoms with E-state index in [0.29, 0.717) is 6.20 Å². The van der Waals surface area contributed by atoms with Crippen molar-refractivity contribution in [2.45, 2.75) is 31.4 Å². The number of halogens is 3. The molecular weight excluding hydrogens is 371 g/mol. The summed E-state index contributed by atoms with van der Waals surface area (Å²) in [6.07, 6.45) is -0.775. The third-order valence-corrected chi connectivity index (χ3v) is 4.66. The second-order valence-corrected chi connectivity index (χ2v) is 6.53. The molecule has 0 radical (unpaired) electrons. The Bertz CT molecular complexity index is 786. The lowest BCUT2D eigenvalue weighted by molar-refractivity contribution is -0.141. The number of rotatable bonds is 7. The van der Waals surface area contributed by atoms with Crippen LogP contribution in [0.4, 0.5) is 13.2 Å². The first-order valence-electron chi connectivity index (χ1n) is 7.23. The van der Waals surface area contributed by atoms with Crippen LogP contribution in [0.1, 0.15) is 24.6 Å². The summed E-state index contributed by atoms with van der Waals surface area (Å²) in [6, 6.07) is 0. The molecule has 0 saturated carbocycles. The molecular formula is C13H16F3NO7S. The number of hydrogen-bond donors (Lipinski definition) is 1. The maximum Gasteiger partial charge on any atom is 0.517 e. The molecule has 12 heteroatoms. The summed E-state index contributed by atoms with van der Waals surface area (Å²) in [5, 5.41) is 9.51. The van der Waals surface area contributed by atoms with Gasteiger partial charge in [-0.1, -0.05) is 0 Å². The van der Waals surface area contributed by atoms with Crippen molar-refractivity contribution >= 4 is 22.0 Å². The molecule has 1 atom stereocenters. The van der Waals surface area contributed by atoms with Crippen LogP contribution in [0.5, 0.6) is 0 Å². The number of aromatic nitrogens is 1. The summed E-state index contributed by atoms with van der Waals surface area (Å²) in [7, 11) is -3.90. The van der Waals surface area contributed by atoms with E-state index in [0.717, 1.165) is 14.2 Å². The van der Waals surface area contributed by atoms with Gasteiger partial charge >= 0.3 is 27.5 Å². The normalized spacial score (nSPS) is 13.9. The third kappa shape index (κ3) is 4.51. The molecule has 0 bridgehead atoms. The first-order valence-corrected chi connectivity index (χ1v) is 8.09. The molecule has 1 aromatic rings. The molecule has 0 aliphatic carbocycles. The van der Waals surface area contributed by atoms with Gasteiger partial charge < -0.3 is 14.6 Å². The Morgan fingerprint density at radius 1 is 1.28 bits per heavy atom. The number of esters is 2. The minimum absolute atomic E-state index is 0.144. The first kappa shape index (κ1) is 19.2. The fourth-order valence-electron chi connectivity index (χ4n) is 2.01. The number of methoxy groups -OCH3 is 2. The quantitative estimate of drug-likeness (QED) is 0.676. The summed E-state index contributed by atoms with van der Waals surface area (Å²) in [4.78, 5) is 22.8. The van der Waals surface area contributed by atoms with E-state index in [1.54, 1.807) is 0 Å². The third-order valence-electron chi connectivity index (χ3n) is 3.26. The Kier molecular flexibility index (Phi) is 6.06. The van der Waals surface area contributed by atoms with Crippen molar-refractivity contribution < 1.29 is 47.1 Å². The van der Waals surface area contributed by atoms with Crippen LogP contribution in [0.2, 0.25) is 0 Å². The summed E-state index contributed by atoms with van der Waals surface area (Å²) in [6.45, 7) is -2.39. The lowest BCUT2D eigenvalue weighted by atomic mass is 10.0. The van der Waals surface area contributed by atoms with Gasteiger partial charge in [0.05, 0.1) is 34.3 Å². The molecule has 0 saturated heterocycles. The van der Waals surface area contributed by atoms with Crippen molar-refractivity contribution in [2.75, 3.05) is 14.2 Å². The summed E-state index contributed by atoms with van der Waals surface area (Å²) < 4.78 is 77.9. The standard InChI is InChI=1S/C13H16F3NO7S/c1-23-11(19)4-3-8-6-17(25(21,22)13(14,15)16)10(7-18)9(8)5-12(20)24-2/h6,18H,3-5,7H2,1-2H3/i7T. The number of aryl methyl sites for hydroxylation is 1. The highest BCUT2D eigenvalue weighted by Gasteiger charge is 2.48. The van der Waals surface area contributed by atoms with Crippen LogP contribution in [0.3, 0.4) is 0 Å². The summed E-state index contributed by atoms with van der Waals surface area (Å²) >= 11 is 0. The number of nitrogens with zero attached hydrogens (tertiary/aromatic N) is 1. The number of alkyl halides is 3. The Balaban J connectivity index is 3.61. The lowest BCUT2D eigenvalue weighted by Crippen LogP contribution is -2.30.